The zero-order valence-corrected chi connectivity index (χ0v) is 19.5. The summed E-state index contributed by atoms with van der Waals surface area (Å²) in [5.41, 5.74) is 4.10. The van der Waals surface area contributed by atoms with Crippen LogP contribution in [0.25, 0.3) is 0 Å². The number of alkyl halides is 1. The molecule has 1 fully saturated rings. The van der Waals surface area contributed by atoms with E-state index in [0.29, 0.717) is 12.8 Å². The number of benzene rings is 2. The lowest BCUT2D eigenvalue weighted by Crippen LogP contribution is -2.21. The van der Waals surface area contributed by atoms with Crippen LogP contribution in [0.2, 0.25) is 0 Å². The van der Waals surface area contributed by atoms with Gasteiger partial charge in [-0.1, -0.05) is 74.7 Å². The monoisotopic (exact) mass is 458 g/mol. The molecule has 0 saturated heterocycles. The van der Waals surface area contributed by atoms with Gasteiger partial charge < -0.3 is 15.3 Å². The highest BCUT2D eigenvalue weighted by Crippen LogP contribution is 2.44. The van der Waals surface area contributed by atoms with Crippen LogP contribution in [0, 0.1) is 5.92 Å². The van der Waals surface area contributed by atoms with Crippen LogP contribution >= 0.6 is 11.6 Å². The van der Waals surface area contributed by atoms with E-state index < -0.39 is 18.2 Å². The normalized spacial score (nSPS) is 23.9. The SMILES string of the molecule is CCCCCC(O)c1ccc([C@@H]2C(Cc3cccc(CCC(=O)O)c3)[C@H](Cl)C[C@H]2O)cc1. The maximum atomic E-state index is 10.9. The van der Waals surface area contributed by atoms with Crippen LogP contribution < -0.4 is 0 Å². The molecule has 2 aromatic rings. The highest BCUT2D eigenvalue weighted by atomic mass is 35.5. The van der Waals surface area contributed by atoms with Gasteiger partial charge in [0.1, 0.15) is 0 Å². The Morgan fingerprint density at radius 3 is 2.53 bits per heavy atom. The van der Waals surface area contributed by atoms with Gasteiger partial charge in [0, 0.05) is 17.7 Å². The Balaban J connectivity index is 1.72. The first-order chi connectivity index (χ1) is 15.4. The number of hydrogen-bond donors (Lipinski definition) is 3. The second-order valence-electron chi connectivity index (χ2n) is 9.10. The first kappa shape index (κ1) is 24.8. The van der Waals surface area contributed by atoms with Crippen molar-refractivity contribution in [2.24, 2.45) is 5.92 Å². The number of carboxylic acid groups (broad SMARTS) is 1. The van der Waals surface area contributed by atoms with Gasteiger partial charge in [0.2, 0.25) is 0 Å². The van der Waals surface area contributed by atoms with Gasteiger partial charge in [-0.15, -0.1) is 11.6 Å². The second kappa shape index (κ2) is 11.8. The van der Waals surface area contributed by atoms with E-state index in [2.05, 4.69) is 13.0 Å². The molecule has 2 aromatic carbocycles. The fourth-order valence-corrected chi connectivity index (χ4v) is 5.35. The lowest BCUT2D eigenvalue weighted by molar-refractivity contribution is -0.136. The van der Waals surface area contributed by atoms with Crippen molar-refractivity contribution < 1.29 is 20.1 Å². The quantitative estimate of drug-likeness (QED) is 0.301. The predicted molar refractivity (Wildman–Crippen MR) is 128 cm³/mol. The first-order valence-corrected chi connectivity index (χ1v) is 12.2. The van der Waals surface area contributed by atoms with Crippen molar-refractivity contribution >= 4 is 17.6 Å². The number of hydrogen-bond acceptors (Lipinski definition) is 3. The number of carbonyl (C=O) groups is 1. The van der Waals surface area contributed by atoms with Gasteiger partial charge in [0.05, 0.1) is 12.2 Å². The van der Waals surface area contributed by atoms with E-state index in [0.717, 1.165) is 54.4 Å². The number of carboxylic acids is 1. The molecule has 32 heavy (non-hydrogen) atoms. The minimum atomic E-state index is -0.797. The Labute approximate surface area is 196 Å². The molecule has 4 nitrogen and oxygen atoms in total. The van der Waals surface area contributed by atoms with Crippen LogP contribution in [0.4, 0.5) is 0 Å². The Hall–Kier alpha value is -1.88. The number of aliphatic carboxylic acids is 1. The van der Waals surface area contributed by atoms with Crippen molar-refractivity contribution in [2.75, 3.05) is 0 Å². The average Bonchev–Trinajstić information content (AvgIpc) is 3.05. The van der Waals surface area contributed by atoms with Crippen LogP contribution in [-0.2, 0) is 17.6 Å². The van der Waals surface area contributed by atoms with Gasteiger partial charge in [0.25, 0.3) is 0 Å². The van der Waals surface area contributed by atoms with Crippen molar-refractivity contribution in [1.29, 1.82) is 0 Å². The maximum Gasteiger partial charge on any atom is 0.303 e. The highest BCUT2D eigenvalue weighted by Gasteiger charge is 2.42. The Bertz CT molecular complexity index is 866. The Kier molecular flexibility index (Phi) is 9.15. The third-order valence-electron chi connectivity index (χ3n) is 6.68. The standard InChI is InChI=1S/C27H35ClO4/c1-2-3-4-8-24(29)20-10-12-21(13-11-20)27-22(23(28)17-25(27)30)16-19-7-5-6-18(15-19)9-14-26(31)32/h5-7,10-13,15,22-25,27,29-30H,2-4,8-9,14,16-17H2,1H3,(H,31,32)/t22?,23-,24?,25-,27-/m1/s1. The smallest absolute Gasteiger partial charge is 0.303 e. The minimum absolute atomic E-state index is 0.0635. The minimum Gasteiger partial charge on any atom is -0.481 e. The number of halogens is 1. The molecule has 0 amide bonds. The van der Waals surface area contributed by atoms with Crippen LogP contribution in [0.5, 0.6) is 0 Å². The number of aryl methyl sites for hydroxylation is 1. The molecule has 3 rings (SSSR count). The van der Waals surface area contributed by atoms with Gasteiger partial charge in [-0.2, -0.15) is 0 Å². The molecule has 1 aliphatic rings. The summed E-state index contributed by atoms with van der Waals surface area (Å²) in [7, 11) is 0. The van der Waals surface area contributed by atoms with E-state index in [9.17, 15) is 15.0 Å². The highest BCUT2D eigenvalue weighted by molar-refractivity contribution is 6.21. The molecule has 2 unspecified atom stereocenters. The summed E-state index contributed by atoms with van der Waals surface area (Å²) < 4.78 is 0. The summed E-state index contributed by atoms with van der Waals surface area (Å²) in [6.07, 6.45) is 5.00. The van der Waals surface area contributed by atoms with Gasteiger partial charge >= 0.3 is 5.97 Å². The van der Waals surface area contributed by atoms with E-state index in [4.69, 9.17) is 16.7 Å². The van der Waals surface area contributed by atoms with Crippen LogP contribution in [-0.4, -0.2) is 32.8 Å². The fourth-order valence-electron chi connectivity index (χ4n) is 4.92. The fraction of sp³-hybridized carbons (Fsp3) is 0.519. The molecule has 0 bridgehead atoms. The number of aliphatic hydroxyl groups excluding tert-OH is 2. The molecule has 174 valence electrons. The zero-order chi connectivity index (χ0) is 23.1. The van der Waals surface area contributed by atoms with Crippen molar-refractivity contribution in [3.05, 3.63) is 70.8 Å². The molecule has 0 aliphatic heterocycles. The third-order valence-corrected chi connectivity index (χ3v) is 7.19. The zero-order valence-electron chi connectivity index (χ0n) is 18.8. The number of rotatable bonds is 11. The van der Waals surface area contributed by atoms with Gasteiger partial charge in [-0.05, 0) is 53.9 Å². The van der Waals surface area contributed by atoms with E-state index in [-0.39, 0.29) is 23.6 Å². The molecular formula is C27H35ClO4. The van der Waals surface area contributed by atoms with Crippen molar-refractivity contribution in [3.8, 4) is 0 Å². The summed E-state index contributed by atoms with van der Waals surface area (Å²) in [5.74, 6) is -0.776. The molecular weight excluding hydrogens is 424 g/mol. The van der Waals surface area contributed by atoms with Gasteiger partial charge in [0.15, 0.2) is 0 Å². The van der Waals surface area contributed by atoms with E-state index in [1.165, 1.54) is 0 Å². The molecule has 3 N–H and O–H groups in total. The molecule has 1 saturated carbocycles. The van der Waals surface area contributed by atoms with Crippen molar-refractivity contribution in [3.63, 3.8) is 0 Å². The molecule has 0 heterocycles. The topological polar surface area (TPSA) is 77.8 Å². The Morgan fingerprint density at radius 1 is 1.12 bits per heavy atom. The van der Waals surface area contributed by atoms with Crippen LogP contribution in [0.3, 0.4) is 0 Å². The van der Waals surface area contributed by atoms with E-state index in [1.807, 2.05) is 42.5 Å². The predicted octanol–water partition coefficient (Wildman–Crippen LogP) is 5.63. The van der Waals surface area contributed by atoms with E-state index >= 15 is 0 Å². The van der Waals surface area contributed by atoms with Crippen molar-refractivity contribution in [1.82, 2.24) is 0 Å². The largest absolute Gasteiger partial charge is 0.481 e. The molecule has 1 aliphatic carbocycles. The summed E-state index contributed by atoms with van der Waals surface area (Å²) >= 11 is 6.69. The summed E-state index contributed by atoms with van der Waals surface area (Å²) in [4.78, 5) is 10.9. The van der Waals surface area contributed by atoms with E-state index in [1.54, 1.807) is 0 Å². The van der Waals surface area contributed by atoms with Gasteiger partial charge in [-0.25, -0.2) is 0 Å². The van der Waals surface area contributed by atoms with Gasteiger partial charge in [-0.3, -0.25) is 4.79 Å². The summed E-state index contributed by atoms with van der Waals surface area (Å²) in [5, 5.41) is 30.0. The molecule has 5 atom stereocenters. The molecule has 0 radical (unpaired) electrons. The molecule has 0 spiro atoms. The molecule has 0 aromatic heterocycles. The number of unbranched alkanes of at least 4 members (excludes halogenated alkanes) is 2. The lowest BCUT2D eigenvalue weighted by Gasteiger charge is -2.25. The summed E-state index contributed by atoms with van der Waals surface area (Å²) in [6.45, 7) is 2.15. The molecule has 5 heteroatoms. The maximum absolute atomic E-state index is 10.9. The second-order valence-corrected chi connectivity index (χ2v) is 9.67. The summed E-state index contributed by atoms with van der Waals surface area (Å²) in [6, 6.07) is 16.0. The average molecular weight is 459 g/mol. The van der Waals surface area contributed by atoms with Crippen molar-refractivity contribution in [2.45, 2.75) is 81.8 Å². The van der Waals surface area contributed by atoms with Crippen LogP contribution in [0.15, 0.2) is 48.5 Å². The lowest BCUT2D eigenvalue weighted by atomic mass is 9.83. The third kappa shape index (κ3) is 6.57. The Morgan fingerprint density at radius 2 is 1.84 bits per heavy atom. The van der Waals surface area contributed by atoms with Crippen LogP contribution in [0.1, 0.15) is 79.7 Å². The number of aliphatic hydroxyl groups is 2. The first-order valence-electron chi connectivity index (χ1n) is 11.8.